The summed E-state index contributed by atoms with van der Waals surface area (Å²) in [7, 11) is 0. The highest BCUT2D eigenvalue weighted by molar-refractivity contribution is 5.73. The van der Waals surface area contributed by atoms with Crippen LogP contribution in [0, 0.1) is 5.92 Å². The second-order valence-corrected chi connectivity index (χ2v) is 4.96. The number of likely N-dealkylation sites (tertiary alicyclic amines) is 1. The van der Waals surface area contributed by atoms with Crippen LogP contribution in [0.2, 0.25) is 0 Å². The number of carbonyl (C=O) groups excluding carboxylic acids is 1. The van der Waals surface area contributed by atoms with Gasteiger partial charge in [0.05, 0.1) is 0 Å². The lowest BCUT2D eigenvalue weighted by Crippen LogP contribution is -2.52. The Kier molecular flexibility index (Phi) is 4.58. The SMILES string of the molecule is CCC1CC(NC(C)=O)CN(C(C)C)C1. The van der Waals surface area contributed by atoms with Crippen molar-refractivity contribution in [2.45, 2.75) is 52.6 Å². The van der Waals surface area contributed by atoms with Crippen molar-refractivity contribution in [3.8, 4) is 0 Å². The second kappa shape index (κ2) is 5.50. The standard InChI is InChI=1S/C12H24N2O/c1-5-11-6-12(13-10(4)15)8-14(7-11)9(2)3/h9,11-12H,5-8H2,1-4H3,(H,13,15). The molecule has 0 spiro atoms. The number of piperidine rings is 1. The van der Waals surface area contributed by atoms with Gasteiger partial charge in [-0.1, -0.05) is 13.3 Å². The summed E-state index contributed by atoms with van der Waals surface area (Å²) >= 11 is 0. The lowest BCUT2D eigenvalue weighted by atomic mass is 9.91. The first-order valence-corrected chi connectivity index (χ1v) is 6.04. The van der Waals surface area contributed by atoms with Gasteiger partial charge < -0.3 is 5.32 Å². The molecule has 0 aromatic rings. The highest BCUT2D eigenvalue weighted by Gasteiger charge is 2.27. The van der Waals surface area contributed by atoms with Gasteiger partial charge in [-0.05, 0) is 26.2 Å². The minimum absolute atomic E-state index is 0.0976. The molecule has 3 nitrogen and oxygen atoms in total. The molecule has 1 rings (SSSR count). The molecule has 1 aliphatic rings. The van der Waals surface area contributed by atoms with Gasteiger partial charge in [0.25, 0.3) is 0 Å². The summed E-state index contributed by atoms with van der Waals surface area (Å²) in [6, 6.07) is 0.930. The maximum atomic E-state index is 11.1. The van der Waals surface area contributed by atoms with Gasteiger partial charge in [0.1, 0.15) is 0 Å². The van der Waals surface area contributed by atoms with Crippen LogP contribution >= 0.6 is 0 Å². The van der Waals surface area contributed by atoms with Crippen LogP contribution in [-0.2, 0) is 4.79 Å². The molecule has 1 fully saturated rings. The molecule has 3 heteroatoms. The van der Waals surface area contributed by atoms with E-state index >= 15 is 0 Å². The summed E-state index contributed by atoms with van der Waals surface area (Å²) in [5, 5.41) is 3.05. The predicted molar refractivity (Wildman–Crippen MR) is 62.7 cm³/mol. The van der Waals surface area contributed by atoms with E-state index in [0.29, 0.717) is 12.1 Å². The summed E-state index contributed by atoms with van der Waals surface area (Å²) < 4.78 is 0. The normalized spacial score (nSPS) is 28.1. The van der Waals surface area contributed by atoms with Gasteiger partial charge in [-0.2, -0.15) is 0 Å². The van der Waals surface area contributed by atoms with Crippen LogP contribution in [0.1, 0.15) is 40.5 Å². The molecule has 1 aliphatic heterocycles. The molecule has 0 aromatic heterocycles. The van der Waals surface area contributed by atoms with E-state index in [2.05, 4.69) is 31.0 Å². The van der Waals surface area contributed by atoms with Crippen molar-refractivity contribution in [1.82, 2.24) is 10.2 Å². The van der Waals surface area contributed by atoms with Crippen molar-refractivity contribution in [1.29, 1.82) is 0 Å². The first-order chi connectivity index (χ1) is 7.02. The third-order valence-electron chi connectivity index (χ3n) is 3.28. The van der Waals surface area contributed by atoms with E-state index in [4.69, 9.17) is 0 Å². The van der Waals surface area contributed by atoms with Crippen LogP contribution in [0.15, 0.2) is 0 Å². The Morgan fingerprint density at radius 2 is 2.13 bits per heavy atom. The van der Waals surface area contributed by atoms with Gasteiger partial charge in [-0.3, -0.25) is 9.69 Å². The number of hydrogen-bond donors (Lipinski definition) is 1. The van der Waals surface area contributed by atoms with Crippen molar-refractivity contribution in [3.63, 3.8) is 0 Å². The maximum Gasteiger partial charge on any atom is 0.217 e. The number of rotatable bonds is 3. The van der Waals surface area contributed by atoms with Gasteiger partial charge >= 0.3 is 0 Å². The van der Waals surface area contributed by atoms with Gasteiger partial charge in [-0.25, -0.2) is 0 Å². The van der Waals surface area contributed by atoms with Crippen molar-refractivity contribution in [2.75, 3.05) is 13.1 Å². The Labute approximate surface area is 93.2 Å². The summed E-state index contributed by atoms with van der Waals surface area (Å²) in [5.41, 5.74) is 0. The van der Waals surface area contributed by atoms with Gasteiger partial charge in [-0.15, -0.1) is 0 Å². The molecule has 0 radical (unpaired) electrons. The van der Waals surface area contributed by atoms with Crippen molar-refractivity contribution >= 4 is 5.91 Å². The molecular formula is C12H24N2O. The number of hydrogen-bond acceptors (Lipinski definition) is 2. The Morgan fingerprint density at radius 3 is 2.60 bits per heavy atom. The molecular weight excluding hydrogens is 188 g/mol. The molecule has 1 N–H and O–H groups in total. The quantitative estimate of drug-likeness (QED) is 0.771. The zero-order valence-electron chi connectivity index (χ0n) is 10.4. The monoisotopic (exact) mass is 212 g/mol. The van der Waals surface area contributed by atoms with E-state index < -0.39 is 0 Å². The van der Waals surface area contributed by atoms with E-state index in [-0.39, 0.29) is 5.91 Å². The Morgan fingerprint density at radius 1 is 1.47 bits per heavy atom. The van der Waals surface area contributed by atoms with E-state index in [1.807, 2.05) is 0 Å². The fraction of sp³-hybridized carbons (Fsp3) is 0.917. The summed E-state index contributed by atoms with van der Waals surface area (Å²) in [6.07, 6.45) is 2.35. The van der Waals surface area contributed by atoms with Crippen molar-refractivity contribution < 1.29 is 4.79 Å². The minimum atomic E-state index is 0.0976. The Bertz CT molecular complexity index is 216. The molecule has 0 aromatic carbocycles. The first-order valence-electron chi connectivity index (χ1n) is 6.04. The third-order valence-corrected chi connectivity index (χ3v) is 3.28. The van der Waals surface area contributed by atoms with E-state index in [1.165, 1.54) is 13.0 Å². The second-order valence-electron chi connectivity index (χ2n) is 4.96. The molecule has 0 bridgehead atoms. The maximum absolute atomic E-state index is 11.1. The summed E-state index contributed by atoms with van der Waals surface area (Å²) in [6.45, 7) is 10.5. The number of nitrogens with one attached hydrogen (secondary N) is 1. The van der Waals surface area contributed by atoms with Crippen molar-refractivity contribution in [3.05, 3.63) is 0 Å². The molecule has 2 unspecified atom stereocenters. The van der Waals surface area contributed by atoms with Crippen LogP contribution in [0.4, 0.5) is 0 Å². The highest BCUT2D eigenvalue weighted by Crippen LogP contribution is 2.21. The molecule has 1 amide bonds. The third kappa shape index (κ3) is 3.82. The highest BCUT2D eigenvalue weighted by atomic mass is 16.1. The number of amides is 1. The van der Waals surface area contributed by atoms with Gasteiger partial charge in [0.15, 0.2) is 0 Å². The van der Waals surface area contributed by atoms with E-state index in [0.717, 1.165) is 18.9 Å². The fourth-order valence-corrected chi connectivity index (χ4v) is 2.35. The predicted octanol–water partition coefficient (Wildman–Crippen LogP) is 1.63. The van der Waals surface area contributed by atoms with Crippen LogP contribution < -0.4 is 5.32 Å². The Hall–Kier alpha value is -0.570. The van der Waals surface area contributed by atoms with Crippen LogP contribution in [0.25, 0.3) is 0 Å². The summed E-state index contributed by atoms with van der Waals surface area (Å²) in [5.74, 6) is 0.832. The average Bonchev–Trinajstić information content (AvgIpc) is 2.16. The van der Waals surface area contributed by atoms with Crippen LogP contribution in [0.3, 0.4) is 0 Å². The lowest BCUT2D eigenvalue weighted by molar-refractivity contribution is -0.120. The average molecular weight is 212 g/mol. The first kappa shape index (κ1) is 12.5. The summed E-state index contributed by atoms with van der Waals surface area (Å²) in [4.78, 5) is 13.5. The number of carbonyl (C=O) groups is 1. The number of nitrogens with zero attached hydrogens (tertiary/aromatic N) is 1. The molecule has 2 atom stereocenters. The molecule has 0 saturated carbocycles. The smallest absolute Gasteiger partial charge is 0.217 e. The van der Waals surface area contributed by atoms with Gasteiger partial charge in [0, 0.05) is 32.1 Å². The zero-order chi connectivity index (χ0) is 11.4. The molecule has 1 saturated heterocycles. The molecule has 1 heterocycles. The zero-order valence-corrected chi connectivity index (χ0v) is 10.4. The minimum Gasteiger partial charge on any atom is -0.352 e. The van der Waals surface area contributed by atoms with Crippen LogP contribution in [-0.4, -0.2) is 36.0 Å². The fourth-order valence-electron chi connectivity index (χ4n) is 2.35. The molecule has 88 valence electrons. The lowest BCUT2D eigenvalue weighted by Gasteiger charge is -2.39. The van der Waals surface area contributed by atoms with E-state index in [9.17, 15) is 4.79 Å². The van der Waals surface area contributed by atoms with Gasteiger partial charge in [0.2, 0.25) is 5.91 Å². The molecule has 0 aliphatic carbocycles. The van der Waals surface area contributed by atoms with E-state index in [1.54, 1.807) is 6.92 Å². The van der Waals surface area contributed by atoms with Crippen molar-refractivity contribution in [2.24, 2.45) is 5.92 Å². The molecule has 15 heavy (non-hydrogen) atoms. The van der Waals surface area contributed by atoms with Crippen LogP contribution in [0.5, 0.6) is 0 Å². The largest absolute Gasteiger partial charge is 0.352 e. The Balaban J connectivity index is 2.54. The topological polar surface area (TPSA) is 32.3 Å².